The molecule has 6 nitrogen and oxygen atoms in total. The first-order valence-corrected chi connectivity index (χ1v) is 9.02. The van der Waals surface area contributed by atoms with Gasteiger partial charge in [-0.2, -0.15) is 0 Å². The second kappa shape index (κ2) is 8.22. The minimum atomic E-state index is -1.02. The fraction of sp³-hybridized carbons (Fsp3) is 0.333. The van der Waals surface area contributed by atoms with E-state index in [0.29, 0.717) is 31.6 Å². The van der Waals surface area contributed by atoms with Gasteiger partial charge in [0, 0.05) is 25.7 Å². The molecule has 0 radical (unpaired) electrons. The van der Waals surface area contributed by atoms with Crippen molar-refractivity contribution in [1.82, 2.24) is 4.90 Å². The molecule has 6 heteroatoms. The maximum Gasteiger partial charge on any atom is 0.410 e. The smallest absolute Gasteiger partial charge is 0.410 e. The number of rotatable bonds is 4. The van der Waals surface area contributed by atoms with Crippen LogP contribution in [-0.2, 0) is 21.7 Å². The van der Waals surface area contributed by atoms with Crippen LogP contribution >= 0.6 is 0 Å². The van der Waals surface area contributed by atoms with Gasteiger partial charge in [0.2, 0.25) is 5.91 Å². The third-order valence-corrected chi connectivity index (χ3v) is 4.77. The highest BCUT2D eigenvalue weighted by molar-refractivity contribution is 5.88. The summed E-state index contributed by atoms with van der Waals surface area (Å²) in [5.74, 6) is -0.157. The molecule has 2 aromatic carbocycles. The van der Waals surface area contributed by atoms with E-state index in [1.54, 1.807) is 23.1 Å². The summed E-state index contributed by atoms with van der Waals surface area (Å²) in [5, 5.41) is 13.7. The number of carbonyl (C=O) groups is 2. The largest absolute Gasteiger partial charge is 0.445 e. The first-order chi connectivity index (χ1) is 13.0. The monoisotopic (exact) mass is 368 g/mol. The Kier molecular flexibility index (Phi) is 5.76. The first-order valence-electron chi connectivity index (χ1n) is 9.02. The van der Waals surface area contributed by atoms with Crippen molar-refractivity contribution in [3.05, 3.63) is 65.7 Å². The van der Waals surface area contributed by atoms with Gasteiger partial charge in [-0.3, -0.25) is 4.79 Å². The Morgan fingerprint density at radius 1 is 1.11 bits per heavy atom. The van der Waals surface area contributed by atoms with E-state index in [9.17, 15) is 14.7 Å². The second-order valence-corrected chi connectivity index (χ2v) is 6.82. The molecule has 2 aromatic rings. The maximum atomic E-state index is 12.3. The predicted molar refractivity (Wildman–Crippen MR) is 102 cm³/mol. The highest BCUT2D eigenvalue weighted by Gasteiger charge is 2.36. The van der Waals surface area contributed by atoms with Crippen LogP contribution in [0.25, 0.3) is 0 Å². The quantitative estimate of drug-likeness (QED) is 0.868. The summed E-state index contributed by atoms with van der Waals surface area (Å²) in [6, 6.07) is 16.7. The molecule has 1 heterocycles. The van der Waals surface area contributed by atoms with Crippen molar-refractivity contribution < 1.29 is 19.4 Å². The number of amides is 2. The van der Waals surface area contributed by atoms with Gasteiger partial charge in [0.1, 0.15) is 6.61 Å². The molecule has 2 N–H and O–H groups in total. The van der Waals surface area contributed by atoms with Gasteiger partial charge in [-0.25, -0.2) is 4.79 Å². The van der Waals surface area contributed by atoms with Crippen LogP contribution in [-0.4, -0.2) is 35.1 Å². The van der Waals surface area contributed by atoms with E-state index in [1.807, 2.05) is 36.4 Å². The fourth-order valence-electron chi connectivity index (χ4n) is 3.25. The van der Waals surface area contributed by atoms with Crippen LogP contribution in [0.1, 0.15) is 30.9 Å². The summed E-state index contributed by atoms with van der Waals surface area (Å²) in [7, 11) is 0. The van der Waals surface area contributed by atoms with E-state index in [-0.39, 0.29) is 18.6 Å². The van der Waals surface area contributed by atoms with Crippen molar-refractivity contribution in [1.29, 1.82) is 0 Å². The van der Waals surface area contributed by atoms with E-state index in [4.69, 9.17) is 4.74 Å². The number of carbonyl (C=O) groups excluding carboxylic acids is 2. The number of likely N-dealkylation sites (tertiary alicyclic amines) is 1. The topological polar surface area (TPSA) is 78.9 Å². The van der Waals surface area contributed by atoms with E-state index in [0.717, 1.165) is 11.1 Å². The van der Waals surface area contributed by atoms with Crippen molar-refractivity contribution in [2.75, 3.05) is 18.4 Å². The van der Waals surface area contributed by atoms with Gasteiger partial charge < -0.3 is 20.1 Å². The molecule has 1 saturated heterocycles. The lowest BCUT2D eigenvalue weighted by Gasteiger charge is -2.38. The minimum absolute atomic E-state index is 0.157. The van der Waals surface area contributed by atoms with Crippen molar-refractivity contribution in [2.24, 2.45) is 0 Å². The van der Waals surface area contributed by atoms with Crippen molar-refractivity contribution in [3.63, 3.8) is 0 Å². The fourth-order valence-corrected chi connectivity index (χ4v) is 3.25. The molecular weight excluding hydrogens is 344 g/mol. The Morgan fingerprint density at radius 2 is 1.81 bits per heavy atom. The lowest BCUT2D eigenvalue weighted by Crippen LogP contribution is -2.45. The van der Waals surface area contributed by atoms with Gasteiger partial charge in [0.25, 0.3) is 0 Å². The van der Waals surface area contributed by atoms with Crippen LogP contribution in [0.2, 0.25) is 0 Å². The molecule has 142 valence electrons. The molecule has 1 aliphatic heterocycles. The van der Waals surface area contributed by atoms with Crippen molar-refractivity contribution >= 4 is 17.7 Å². The average molecular weight is 368 g/mol. The van der Waals surface area contributed by atoms with Crippen molar-refractivity contribution in [3.8, 4) is 0 Å². The molecule has 0 saturated carbocycles. The molecule has 1 fully saturated rings. The van der Waals surface area contributed by atoms with Crippen LogP contribution in [0, 0.1) is 0 Å². The number of nitrogens with one attached hydrogen (secondary N) is 1. The van der Waals surface area contributed by atoms with Gasteiger partial charge >= 0.3 is 6.09 Å². The average Bonchev–Trinajstić information content (AvgIpc) is 2.67. The number of benzene rings is 2. The zero-order valence-corrected chi connectivity index (χ0v) is 15.4. The number of hydrogen-bond donors (Lipinski definition) is 2. The number of ether oxygens (including phenoxy) is 1. The first kappa shape index (κ1) is 18.9. The lowest BCUT2D eigenvalue weighted by molar-refractivity contribution is -0.114. The van der Waals surface area contributed by atoms with Crippen LogP contribution in [0.4, 0.5) is 10.5 Å². The number of hydrogen-bond acceptors (Lipinski definition) is 4. The Hall–Kier alpha value is -2.86. The normalized spacial score (nSPS) is 15.9. The third-order valence-electron chi connectivity index (χ3n) is 4.77. The SMILES string of the molecule is CC(=O)Nc1cccc(C2(O)CCN(C(=O)OCc3ccccc3)CC2)c1. The lowest BCUT2D eigenvalue weighted by atomic mass is 9.84. The summed E-state index contributed by atoms with van der Waals surface area (Å²) >= 11 is 0. The number of aliphatic hydroxyl groups is 1. The zero-order chi connectivity index (χ0) is 19.3. The minimum Gasteiger partial charge on any atom is -0.445 e. The molecule has 0 aromatic heterocycles. The highest BCUT2D eigenvalue weighted by atomic mass is 16.6. The van der Waals surface area contributed by atoms with Gasteiger partial charge in [0.05, 0.1) is 5.60 Å². The van der Waals surface area contributed by atoms with Crippen LogP contribution in [0.5, 0.6) is 0 Å². The molecular formula is C21H24N2O4. The third kappa shape index (κ3) is 4.86. The Morgan fingerprint density at radius 3 is 2.48 bits per heavy atom. The molecule has 0 spiro atoms. The van der Waals surface area contributed by atoms with Gasteiger partial charge in [0.15, 0.2) is 0 Å². The van der Waals surface area contributed by atoms with E-state index in [1.165, 1.54) is 6.92 Å². The summed E-state index contributed by atoms with van der Waals surface area (Å²) in [6.45, 7) is 2.50. The van der Waals surface area contributed by atoms with Gasteiger partial charge in [-0.05, 0) is 36.1 Å². The van der Waals surface area contributed by atoms with Crippen LogP contribution in [0.15, 0.2) is 54.6 Å². The van der Waals surface area contributed by atoms with Crippen molar-refractivity contribution in [2.45, 2.75) is 32.0 Å². The van der Waals surface area contributed by atoms with E-state index < -0.39 is 5.60 Å². The number of anilines is 1. The molecule has 0 atom stereocenters. The zero-order valence-electron chi connectivity index (χ0n) is 15.4. The standard InChI is InChI=1S/C21H24N2O4/c1-16(24)22-19-9-5-8-18(14-19)21(26)10-12-23(13-11-21)20(25)27-15-17-6-3-2-4-7-17/h2-9,14,26H,10-13,15H2,1H3,(H,22,24). The summed E-state index contributed by atoms with van der Waals surface area (Å²) < 4.78 is 5.36. The Bertz CT molecular complexity index is 799. The number of piperidine rings is 1. The Balaban J connectivity index is 1.57. The molecule has 3 rings (SSSR count). The predicted octanol–water partition coefficient (Wildman–Crippen LogP) is 3.27. The molecule has 27 heavy (non-hydrogen) atoms. The van der Waals surface area contributed by atoms with Gasteiger partial charge in [-0.1, -0.05) is 42.5 Å². The van der Waals surface area contributed by atoms with E-state index in [2.05, 4.69) is 5.32 Å². The summed E-state index contributed by atoms with van der Waals surface area (Å²) in [5.41, 5.74) is 1.31. The highest BCUT2D eigenvalue weighted by Crippen LogP contribution is 2.34. The molecule has 2 amide bonds. The summed E-state index contributed by atoms with van der Waals surface area (Å²) in [4.78, 5) is 25.1. The number of nitrogens with zero attached hydrogens (tertiary/aromatic N) is 1. The molecule has 1 aliphatic rings. The molecule has 0 bridgehead atoms. The summed E-state index contributed by atoms with van der Waals surface area (Å²) in [6.07, 6.45) is 0.460. The maximum absolute atomic E-state index is 12.3. The molecule has 0 aliphatic carbocycles. The Labute approximate surface area is 158 Å². The molecule has 0 unspecified atom stereocenters. The van der Waals surface area contributed by atoms with E-state index >= 15 is 0 Å². The van der Waals surface area contributed by atoms with Crippen LogP contribution in [0.3, 0.4) is 0 Å². The second-order valence-electron chi connectivity index (χ2n) is 6.82. The van der Waals surface area contributed by atoms with Gasteiger partial charge in [-0.15, -0.1) is 0 Å². The van der Waals surface area contributed by atoms with Crippen LogP contribution < -0.4 is 5.32 Å².